The molecule has 3 fully saturated rings. The molecule has 3 N–H and O–H groups in total. The Bertz CT molecular complexity index is 976. The lowest BCUT2D eigenvalue weighted by Crippen LogP contribution is -2.58. The molecular formula is C26H36ClN3O4S. The van der Waals surface area contributed by atoms with Gasteiger partial charge in [0.2, 0.25) is 17.7 Å². The molecular weight excluding hydrogens is 486 g/mol. The van der Waals surface area contributed by atoms with Gasteiger partial charge in [0, 0.05) is 22.5 Å². The number of aliphatic hydroxyl groups excluding tert-OH is 1. The number of carbonyl (C=O) groups is 3. The van der Waals surface area contributed by atoms with Gasteiger partial charge in [0.15, 0.2) is 0 Å². The molecule has 7 nitrogen and oxygen atoms in total. The van der Waals surface area contributed by atoms with Crippen molar-refractivity contribution in [1.82, 2.24) is 10.2 Å². The van der Waals surface area contributed by atoms with Crippen LogP contribution in [0.15, 0.2) is 24.3 Å². The standard InChI is InChI=1S/C26H36ClN3O4S/c1-5-11-28-23(32)20-19-12-15(4)26(35-19)21(20)25(34)30(18(13-31)14(3)6-2)22(26)24(33)29-17-9-7-16(27)8-10-17/h7-10,14-15,18-22,31H,5-6,11-13H2,1-4H3,(H,28,32)(H,29,33)/t14-,15?,18-,19-,20+,21-,22?,26?/m0/s1. The number of benzene rings is 1. The molecule has 35 heavy (non-hydrogen) atoms. The fourth-order valence-electron chi connectivity index (χ4n) is 6.34. The van der Waals surface area contributed by atoms with Gasteiger partial charge in [0.05, 0.1) is 29.2 Å². The summed E-state index contributed by atoms with van der Waals surface area (Å²) in [6.45, 7) is 8.43. The summed E-state index contributed by atoms with van der Waals surface area (Å²) < 4.78 is -0.715. The summed E-state index contributed by atoms with van der Waals surface area (Å²) in [5.74, 6) is -1.55. The van der Waals surface area contributed by atoms with Crippen molar-refractivity contribution >= 4 is 46.8 Å². The average molecular weight is 522 g/mol. The quantitative estimate of drug-likeness (QED) is 0.461. The predicted molar refractivity (Wildman–Crippen MR) is 139 cm³/mol. The second-order valence-corrected chi connectivity index (χ2v) is 12.2. The molecule has 0 aliphatic carbocycles. The molecule has 3 saturated heterocycles. The van der Waals surface area contributed by atoms with E-state index in [-0.39, 0.29) is 41.4 Å². The fraction of sp³-hybridized carbons (Fsp3) is 0.654. The molecule has 1 spiro atoms. The minimum absolute atomic E-state index is 0.0000341. The predicted octanol–water partition coefficient (Wildman–Crippen LogP) is 3.55. The Morgan fingerprint density at radius 2 is 1.94 bits per heavy atom. The minimum atomic E-state index is -0.782. The van der Waals surface area contributed by atoms with Gasteiger partial charge < -0.3 is 20.6 Å². The van der Waals surface area contributed by atoms with Crippen molar-refractivity contribution in [3.63, 3.8) is 0 Å². The van der Waals surface area contributed by atoms with Gasteiger partial charge in [-0.2, -0.15) is 0 Å². The number of carbonyl (C=O) groups excluding carboxylic acids is 3. The molecule has 0 aromatic heterocycles. The van der Waals surface area contributed by atoms with Crippen LogP contribution in [0.5, 0.6) is 0 Å². The van der Waals surface area contributed by atoms with Crippen LogP contribution in [-0.4, -0.2) is 63.0 Å². The van der Waals surface area contributed by atoms with E-state index in [4.69, 9.17) is 11.6 Å². The Labute approximate surface area is 216 Å². The van der Waals surface area contributed by atoms with Crippen molar-refractivity contribution in [3.8, 4) is 0 Å². The molecule has 0 saturated carbocycles. The van der Waals surface area contributed by atoms with Gasteiger partial charge in [0.25, 0.3) is 0 Å². The van der Waals surface area contributed by atoms with Crippen molar-refractivity contribution in [2.45, 2.75) is 69.0 Å². The number of rotatable bonds is 9. The maximum Gasteiger partial charge on any atom is 0.248 e. The Balaban J connectivity index is 1.77. The second kappa shape index (κ2) is 10.3. The molecule has 0 radical (unpaired) electrons. The molecule has 3 aliphatic heterocycles. The van der Waals surface area contributed by atoms with Gasteiger partial charge in [-0.1, -0.05) is 45.7 Å². The zero-order valence-corrected chi connectivity index (χ0v) is 22.4. The van der Waals surface area contributed by atoms with E-state index in [0.717, 1.165) is 19.3 Å². The van der Waals surface area contributed by atoms with Crippen LogP contribution in [0.25, 0.3) is 0 Å². The summed E-state index contributed by atoms with van der Waals surface area (Å²) in [5.41, 5.74) is 0.596. The van der Waals surface area contributed by atoms with Gasteiger partial charge in [0.1, 0.15) is 6.04 Å². The van der Waals surface area contributed by atoms with Crippen molar-refractivity contribution in [2.24, 2.45) is 23.7 Å². The topological polar surface area (TPSA) is 98.7 Å². The Morgan fingerprint density at radius 1 is 1.26 bits per heavy atom. The number of nitrogens with one attached hydrogen (secondary N) is 2. The fourth-order valence-corrected chi connectivity index (χ4v) is 8.88. The first-order valence-electron chi connectivity index (χ1n) is 12.7. The van der Waals surface area contributed by atoms with Crippen LogP contribution in [0, 0.1) is 23.7 Å². The molecule has 3 amide bonds. The minimum Gasteiger partial charge on any atom is -0.394 e. The Morgan fingerprint density at radius 3 is 2.54 bits per heavy atom. The van der Waals surface area contributed by atoms with Crippen molar-refractivity contribution < 1.29 is 19.5 Å². The molecule has 192 valence electrons. The summed E-state index contributed by atoms with van der Waals surface area (Å²) in [5, 5.41) is 17.0. The van der Waals surface area contributed by atoms with Crippen LogP contribution in [0.4, 0.5) is 5.69 Å². The Kier molecular flexibility index (Phi) is 7.74. The number of likely N-dealkylation sites (tertiary alicyclic amines) is 1. The highest BCUT2D eigenvalue weighted by molar-refractivity contribution is 8.02. The van der Waals surface area contributed by atoms with E-state index >= 15 is 0 Å². The monoisotopic (exact) mass is 521 g/mol. The third kappa shape index (κ3) is 4.25. The molecule has 2 bridgehead atoms. The highest BCUT2D eigenvalue weighted by Gasteiger charge is 2.76. The van der Waals surface area contributed by atoms with E-state index in [1.165, 1.54) is 0 Å². The number of anilines is 1. The first-order chi connectivity index (χ1) is 16.7. The molecule has 4 rings (SSSR count). The summed E-state index contributed by atoms with van der Waals surface area (Å²) >= 11 is 7.66. The molecule has 1 aromatic carbocycles. The van der Waals surface area contributed by atoms with E-state index < -0.39 is 28.7 Å². The van der Waals surface area contributed by atoms with Gasteiger partial charge >= 0.3 is 0 Å². The largest absolute Gasteiger partial charge is 0.394 e. The van der Waals surface area contributed by atoms with Crippen molar-refractivity contribution in [3.05, 3.63) is 29.3 Å². The number of hydrogen-bond donors (Lipinski definition) is 3. The molecule has 1 aromatic rings. The third-order valence-corrected chi connectivity index (χ3v) is 10.6. The molecule has 3 unspecified atom stereocenters. The SMILES string of the molecule is CCCNC(=O)[C@@H]1[C@@H]2CC(C)C3(S2)C(C(=O)Nc2ccc(Cl)cc2)N([C@@H](CO)[C@@H](C)CC)C(=O)[C@H]13. The maximum atomic E-state index is 14.2. The lowest BCUT2D eigenvalue weighted by molar-refractivity contribution is -0.143. The lowest BCUT2D eigenvalue weighted by atomic mass is 9.66. The van der Waals surface area contributed by atoms with Crippen LogP contribution in [0.3, 0.4) is 0 Å². The maximum absolute atomic E-state index is 14.2. The van der Waals surface area contributed by atoms with Gasteiger partial charge in [-0.05, 0) is 48.9 Å². The van der Waals surface area contributed by atoms with Crippen molar-refractivity contribution in [1.29, 1.82) is 0 Å². The number of thioether (sulfide) groups is 1. The van der Waals surface area contributed by atoms with Gasteiger partial charge in [-0.25, -0.2) is 0 Å². The third-order valence-electron chi connectivity index (χ3n) is 8.24. The number of amides is 3. The number of aliphatic hydroxyl groups is 1. The summed E-state index contributed by atoms with van der Waals surface area (Å²) in [7, 11) is 0. The highest BCUT2D eigenvalue weighted by Crippen LogP contribution is 2.69. The first-order valence-corrected chi connectivity index (χ1v) is 13.9. The number of fused-ring (bicyclic) bond motifs is 1. The molecule has 3 aliphatic rings. The smallest absolute Gasteiger partial charge is 0.248 e. The van der Waals surface area contributed by atoms with E-state index in [0.29, 0.717) is 17.3 Å². The zero-order valence-electron chi connectivity index (χ0n) is 20.8. The van der Waals surface area contributed by atoms with Crippen LogP contribution in [-0.2, 0) is 14.4 Å². The lowest BCUT2D eigenvalue weighted by Gasteiger charge is -2.41. The zero-order chi connectivity index (χ0) is 25.5. The van der Waals surface area contributed by atoms with Crippen molar-refractivity contribution in [2.75, 3.05) is 18.5 Å². The van der Waals surface area contributed by atoms with Crippen LogP contribution >= 0.6 is 23.4 Å². The number of hydrogen-bond acceptors (Lipinski definition) is 5. The van der Waals surface area contributed by atoms with E-state index in [9.17, 15) is 19.5 Å². The summed E-state index contributed by atoms with van der Waals surface area (Å²) in [6.07, 6.45) is 2.35. The highest BCUT2D eigenvalue weighted by atomic mass is 35.5. The van der Waals surface area contributed by atoms with Crippen LogP contribution in [0.1, 0.15) is 47.0 Å². The molecule has 8 atom stereocenters. The molecule has 9 heteroatoms. The summed E-state index contributed by atoms with van der Waals surface area (Å²) in [6, 6.07) is 5.60. The normalized spacial score (nSPS) is 32.9. The van der Waals surface area contributed by atoms with Gasteiger partial charge in [-0.15, -0.1) is 11.8 Å². The van der Waals surface area contributed by atoms with Gasteiger partial charge in [-0.3, -0.25) is 14.4 Å². The average Bonchev–Trinajstić information content (AvgIpc) is 3.43. The van der Waals surface area contributed by atoms with E-state index in [1.54, 1.807) is 40.9 Å². The first kappa shape index (κ1) is 26.3. The Hall–Kier alpha value is -1.77. The van der Waals surface area contributed by atoms with Crippen LogP contribution in [0.2, 0.25) is 5.02 Å². The van der Waals surface area contributed by atoms with E-state index in [2.05, 4.69) is 17.6 Å². The van der Waals surface area contributed by atoms with E-state index in [1.807, 2.05) is 20.8 Å². The second-order valence-electron chi connectivity index (χ2n) is 10.2. The number of halogens is 1. The summed E-state index contributed by atoms with van der Waals surface area (Å²) in [4.78, 5) is 43.0. The number of nitrogens with zero attached hydrogens (tertiary/aromatic N) is 1. The molecule has 3 heterocycles. The van der Waals surface area contributed by atoms with Crippen LogP contribution < -0.4 is 10.6 Å².